The summed E-state index contributed by atoms with van der Waals surface area (Å²) in [6.45, 7) is 12.3. The number of ether oxygens (including phenoxy) is 1. The molecule has 3 N–H and O–H groups in total. The molecule has 0 fully saturated rings. The van der Waals surface area contributed by atoms with Crippen molar-refractivity contribution >= 4 is 17.5 Å². The minimum absolute atomic E-state index is 0.00940. The molecule has 0 aliphatic carbocycles. The number of carbonyl (C=O) groups is 1. The van der Waals surface area contributed by atoms with Gasteiger partial charge in [0.2, 0.25) is 0 Å². The molecule has 3 rings (SSSR count). The second-order valence-corrected chi connectivity index (χ2v) is 10.6. The van der Waals surface area contributed by atoms with Crippen molar-refractivity contribution < 1.29 is 14.6 Å². The Kier molecular flexibility index (Phi) is 8.62. The highest BCUT2D eigenvalue weighted by Gasteiger charge is 2.21. The fourth-order valence-electron chi connectivity index (χ4n) is 4.05. The number of aryl methyl sites for hydroxylation is 1. The molecule has 1 aromatic heterocycles. The third-order valence-electron chi connectivity index (χ3n) is 5.67. The number of nitrogens with zero attached hydrogens (tertiary/aromatic N) is 1. The summed E-state index contributed by atoms with van der Waals surface area (Å²) in [7, 11) is 0. The monoisotopic (exact) mass is 497 g/mol. The highest BCUT2D eigenvalue weighted by molar-refractivity contribution is 6.32. The summed E-state index contributed by atoms with van der Waals surface area (Å²) in [5, 5.41) is 13.0. The molecule has 1 heterocycles. The van der Waals surface area contributed by atoms with Gasteiger partial charge in [-0.2, -0.15) is 0 Å². The predicted octanol–water partition coefficient (Wildman–Crippen LogP) is 5.85. The minimum atomic E-state index is -0.237. The highest BCUT2D eigenvalue weighted by Crippen LogP contribution is 2.28. The van der Waals surface area contributed by atoms with Crippen LogP contribution in [0, 0.1) is 6.92 Å². The summed E-state index contributed by atoms with van der Waals surface area (Å²) >= 11 is 6.29. The molecule has 1 atom stereocenters. The lowest BCUT2D eigenvalue weighted by Crippen LogP contribution is -2.37. The standard InChI is InChI=1S/C28H36ClN3O3/c1-17(2)35-24-12-11-21(16-23(24)29)27(34)31-22(13-14-33)15-19-7-9-20(10-8-19)26-30-18(3)25(32-26)28(4,5)6/h7-12,16-17,22,33H,13-15H2,1-6H3,(H,30,32)(H,31,34)/t22-/m1/s1. The van der Waals surface area contributed by atoms with Crippen molar-refractivity contribution in [1.29, 1.82) is 0 Å². The number of H-pyrrole nitrogens is 1. The number of carbonyl (C=O) groups excluding carboxylic acids is 1. The number of imidazole rings is 1. The number of aliphatic hydroxyl groups excluding tert-OH is 1. The van der Waals surface area contributed by atoms with Gasteiger partial charge >= 0.3 is 0 Å². The Labute approximate surface area is 213 Å². The number of rotatable bonds is 9. The van der Waals surface area contributed by atoms with Crippen molar-refractivity contribution in [2.45, 2.75) is 71.9 Å². The van der Waals surface area contributed by atoms with E-state index in [0.717, 1.165) is 28.3 Å². The SMILES string of the molecule is Cc1[nH]c(-c2ccc(C[C@@H](CCO)NC(=O)c3ccc(OC(C)C)c(Cl)c3)cc2)nc1C(C)(C)C. The molecule has 0 saturated heterocycles. The topological polar surface area (TPSA) is 87.2 Å². The van der Waals surface area contributed by atoms with Gasteiger partial charge in [0.25, 0.3) is 5.91 Å². The minimum Gasteiger partial charge on any atom is -0.489 e. The van der Waals surface area contributed by atoms with E-state index in [9.17, 15) is 9.90 Å². The van der Waals surface area contributed by atoms with Gasteiger partial charge in [0.05, 0.1) is 16.8 Å². The quantitative estimate of drug-likeness (QED) is 0.346. The summed E-state index contributed by atoms with van der Waals surface area (Å²) in [6, 6.07) is 12.9. The lowest BCUT2D eigenvalue weighted by molar-refractivity contribution is 0.0930. The van der Waals surface area contributed by atoms with Gasteiger partial charge in [0.15, 0.2) is 0 Å². The van der Waals surface area contributed by atoms with Crippen LogP contribution in [0.1, 0.15) is 68.3 Å². The Morgan fingerprint density at radius 2 is 1.86 bits per heavy atom. The van der Waals surface area contributed by atoms with E-state index in [1.165, 1.54) is 0 Å². The lowest BCUT2D eigenvalue weighted by atomic mass is 9.91. The average Bonchev–Trinajstić information content (AvgIpc) is 3.17. The predicted molar refractivity (Wildman–Crippen MR) is 141 cm³/mol. The summed E-state index contributed by atoms with van der Waals surface area (Å²) < 4.78 is 5.64. The van der Waals surface area contributed by atoms with Crippen LogP contribution in [0.5, 0.6) is 5.75 Å². The fourth-order valence-corrected chi connectivity index (χ4v) is 4.28. The third kappa shape index (κ3) is 7.09. The van der Waals surface area contributed by atoms with E-state index >= 15 is 0 Å². The van der Waals surface area contributed by atoms with E-state index in [2.05, 4.69) is 31.1 Å². The molecule has 0 saturated carbocycles. The number of aromatic nitrogens is 2. The molecule has 188 valence electrons. The zero-order chi connectivity index (χ0) is 25.8. The van der Waals surface area contributed by atoms with E-state index in [4.69, 9.17) is 21.3 Å². The first-order valence-electron chi connectivity index (χ1n) is 12.0. The van der Waals surface area contributed by atoms with E-state index in [1.54, 1.807) is 18.2 Å². The lowest BCUT2D eigenvalue weighted by Gasteiger charge is -2.19. The molecular weight excluding hydrogens is 462 g/mol. The Morgan fingerprint density at radius 3 is 2.40 bits per heavy atom. The first-order chi connectivity index (χ1) is 16.5. The summed E-state index contributed by atoms with van der Waals surface area (Å²) in [4.78, 5) is 21.1. The number of aliphatic hydroxyl groups is 1. The van der Waals surface area contributed by atoms with Gasteiger partial charge in [-0.1, -0.05) is 56.6 Å². The van der Waals surface area contributed by atoms with E-state index < -0.39 is 0 Å². The first-order valence-corrected chi connectivity index (χ1v) is 12.4. The van der Waals surface area contributed by atoms with E-state index in [1.807, 2.05) is 45.0 Å². The van der Waals surface area contributed by atoms with Gasteiger partial charge in [0.1, 0.15) is 11.6 Å². The molecule has 0 radical (unpaired) electrons. The summed E-state index contributed by atoms with van der Waals surface area (Å²) in [6.07, 6.45) is 1.03. The number of halogens is 1. The van der Waals surface area contributed by atoms with Crippen molar-refractivity contribution in [3.05, 3.63) is 70.0 Å². The molecule has 0 unspecified atom stereocenters. The van der Waals surface area contributed by atoms with Crippen LogP contribution < -0.4 is 10.1 Å². The zero-order valence-electron chi connectivity index (χ0n) is 21.4. The normalized spacial score (nSPS) is 12.6. The number of amides is 1. The highest BCUT2D eigenvalue weighted by atomic mass is 35.5. The van der Waals surface area contributed by atoms with Gasteiger partial charge < -0.3 is 20.1 Å². The van der Waals surface area contributed by atoms with Crippen LogP contribution in [0.25, 0.3) is 11.4 Å². The molecule has 3 aromatic rings. The molecular formula is C28H36ClN3O3. The smallest absolute Gasteiger partial charge is 0.251 e. The zero-order valence-corrected chi connectivity index (χ0v) is 22.2. The van der Waals surface area contributed by atoms with Crippen molar-refractivity contribution in [3.63, 3.8) is 0 Å². The Bertz CT molecular complexity index is 1150. The van der Waals surface area contributed by atoms with Crippen LogP contribution >= 0.6 is 11.6 Å². The molecule has 0 aliphatic rings. The van der Waals surface area contributed by atoms with Crippen LogP contribution in [-0.2, 0) is 11.8 Å². The number of benzene rings is 2. The van der Waals surface area contributed by atoms with Crippen LogP contribution in [0.4, 0.5) is 0 Å². The molecule has 7 heteroatoms. The number of hydrogen-bond donors (Lipinski definition) is 3. The molecule has 0 bridgehead atoms. The van der Waals surface area contributed by atoms with Gasteiger partial charge in [-0.3, -0.25) is 4.79 Å². The van der Waals surface area contributed by atoms with Crippen LogP contribution in [-0.4, -0.2) is 39.7 Å². The number of nitrogens with one attached hydrogen (secondary N) is 2. The van der Waals surface area contributed by atoms with Gasteiger partial charge in [-0.25, -0.2) is 4.98 Å². The molecule has 6 nitrogen and oxygen atoms in total. The van der Waals surface area contributed by atoms with E-state index in [0.29, 0.717) is 29.2 Å². The van der Waals surface area contributed by atoms with Crippen molar-refractivity contribution in [1.82, 2.24) is 15.3 Å². The molecule has 0 aliphatic heterocycles. The summed E-state index contributed by atoms with van der Waals surface area (Å²) in [5.41, 5.74) is 4.63. The largest absolute Gasteiger partial charge is 0.489 e. The van der Waals surface area contributed by atoms with Crippen molar-refractivity contribution in [3.8, 4) is 17.1 Å². The molecule has 2 aromatic carbocycles. The maximum Gasteiger partial charge on any atom is 0.251 e. The van der Waals surface area contributed by atoms with Crippen LogP contribution in [0.3, 0.4) is 0 Å². The van der Waals surface area contributed by atoms with E-state index in [-0.39, 0.29) is 30.1 Å². The van der Waals surface area contributed by atoms with Crippen LogP contribution in [0.2, 0.25) is 5.02 Å². The molecule has 35 heavy (non-hydrogen) atoms. The average molecular weight is 498 g/mol. The first kappa shape index (κ1) is 26.8. The number of aromatic amines is 1. The van der Waals surface area contributed by atoms with Gasteiger partial charge in [0, 0.05) is 34.9 Å². The van der Waals surface area contributed by atoms with Crippen LogP contribution in [0.15, 0.2) is 42.5 Å². The molecule has 0 spiro atoms. The Balaban J connectivity index is 1.69. The maximum atomic E-state index is 12.9. The van der Waals surface area contributed by atoms with Gasteiger partial charge in [-0.05, 0) is 57.4 Å². The fraction of sp³-hybridized carbons (Fsp3) is 0.429. The second-order valence-electron chi connectivity index (χ2n) is 10.2. The summed E-state index contributed by atoms with van der Waals surface area (Å²) in [5.74, 6) is 1.16. The Hall–Kier alpha value is -2.83. The van der Waals surface area contributed by atoms with Gasteiger partial charge in [-0.15, -0.1) is 0 Å². The van der Waals surface area contributed by atoms with Crippen molar-refractivity contribution in [2.24, 2.45) is 0 Å². The third-order valence-corrected chi connectivity index (χ3v) is 5.97. The number of hydrogen-bond acceptors (Lipinski definition) is 4. The van der Waals surface area contributed by atoms with Crippen molar-refractivity contribution in [2.75, 3.05) is 6.61 Å². The molecule has 1 amide bonds. The maximum absolute atomic E-state index is 12.9. The Morgan fingerprint density at radius 1 is 1.17 bits per heavy atom. The second kappa shape index (κ2) is 11.3.